The summed E-state index contributed by atoms with van der Waals surface area (Å²) in [6.07, 6.45) is 0. The molecule has 2 rings (SSSR count). The Hall–Kier alpha value is -1.75. The van der Waals surface area contributed by atoms with Crippen molar-refractivity contribution in [3.05, 3.63) is 30.1 Å². The molecule has 10 heteroatoms. The van der Waals surface area contributed by atoms with E-state index in [0.717, 1.165) is 27.8 Å². The van der Waals surface area contributed by atoms with E-state index >= 15 is 0 Å². The highest BCUT2D eigenvalue weighted by atomic mass is 32.2. The van der Waals surface area contributed by atoms with Crippen molar-refractivity contribution < 1.29 is 22.3 Å². The molecule has 1 aliphatic heterocycles. The predicted octanol–water partition coefficient (Wildman–Crippen LogP) is -0.113. The van der Waals surface area contributed by atoms with Gasteiger partial charge in [0.15, 0.2) is 0 Å². The standard InChI is InChI=1S/C16H25FN4O4S/c1-19(2)26(23,24)21(15-6-4-3-5-14(15)17)13-16(22)18-7-8-20-9-11-25-12-10-20/h3-6H,7-13H2,1-2H3,(H,18,22). The van der Waals surface area contributed by atoms with Crippen LogP contribution in [-0.4, -0.2) is 83.6 Å². The maximum atomic E-state index is 14.1. The van der Waals surface area contributed by atoms with Crippen LogP contribution in [0.1, 0.15) is 0 Å². The number of amides is 1. The lowest BCUT2D eigenvalue weighted by Gasteiger charge is -2.28. The first-order chi connectivity index (χ1) is 12.3. The van der Waals surface area contributed by atoms with Gasteiger partial charge in [0.05, 0.1) is 18.9 Å². The summed E-state index contributed by atoms with van der Waals surface area (Å²) >= 11 is 0. The van der Waals surface area contributed by atoms with Crippen LogP contribution in [0.2, 0.25) is 0 Å². The fourth-order valence-electron chi connectivity index (χ4n) is 2.51. The van der Waals surface area contributed by atoms with Crippen LogP contribution in [0, 0.1) is 5.82 Å². The molecule has 1 heterocycles. The third-order valence-corrected chi connectivity index (χ3v) is 5.81. The molecule has 1 fully saturated rings. The third kappa shape index (κ3) is 5.37. The van der Waals surface area contributed by atoms with Gasteiger partial charge in [-0.1, -0.05) is 12.1 Å². The zero-order valence-corrected chi connectivity index (χ0v) is 15.8. The maximum absolute atomic E-state index is 14.1. The fraction of sp³-hybridized carbons (Fsp3) is 0.562. The largest absolute Gasteiger partial charge is 0.379 e. The van der Waals surface area contributed by atoms with Gasteiger partial charge in [-0.05, 0) is 12.1 Å². The fourth-order valence-corrected chi connectivity index (χ4v) is 3.58. The zero-order valence-electron chi connectivity index (χ0n) is 15.0. The molecular weight excluding hydrogens is 363 g/mol. The summed E-state index contributed by atoms with van der Waals surface area (Å²) in [6.45, 7) is 3.45. The number of carbonyl (C=O) groups excluding carboxylic acids is 1. The molecule has 1 aliphatic rings. The van der Waals surface area contributed by atoms with Gasteiger partial charge in [-0.25, -0.2) is 8.70 Å². The van der Waals surface area contributed by atoms with E-state index in [9.17, 15) is 17.6 Å². The first-order valence-electron chi connectivity index (χ1n) is 8.34. The van der Waals surface area contributed by atoms with E-state index in [-0.39, 0.29) is 5.69 Å². The number of nitrogens with one attached hydrogen (secondary N) is 1. The van der Waals surface area contributed by atoms with Crippen molar-refractivity contribution in [3.8, 4) is 0 Å². The number of hydrogen-bond acceptors (Lipinski definition) is 5. The molecule has 0 atom stereocenters. The van der Waals surface area contributed by atoms with Crippen molar-refractivity contribution in [3.63, 3.8) is 0 Å². The third-order valence-electron chi connectivity index (χ3n) is 4.00. The quantitative estimate of drug-likeness (QED) is 0.672. The number of nitrogens with zero attached hydrogens (tertiary/aromatic N) is 3. The zero-order chi connectivity index (χ0) is 19.2. The molecule has 1 aromatic carbocycles. The molecule has 0 spiro atoms. The van der Waals surface area contributed by atoms with E-state index in [1.807, 2.05) is 0 Å². The van der Waals surface area contributed by atoms with Crippen molar-refractivity contribution in [2.45, 2.75) is 0 Å². The van der Waals surface area contributed by atoms with Crippen LogP contribution in [0.5, 0.6) is 0 Å². The Morgan fingerprint density at radius 2 is 1.92 bits per heavy atom. The normalized spacial score (nSPS) is 15.8. The lowest BCUT2D eigenvalue weighted by Crippen LogP contribution is -2.47. The first kappa shape index (κ1) is 20.6. The molecular formula is C16H25FN4O4S. The van der Waals surface area contributed by atoms with E-state index in [0.29, 0.717) is 26.3 Å². The van der Waals surface area contributed by atoms with Gasteiger partial charge in [-0.3, -0.25) is 9.69 Å². The van der Waals surface area contributed by atoms with E-state index in [1.165, 1.54) is 32.3 Å². The molecule has 146 valence electrons. The number of ether oxygens (including phenoxy) is 1. The Bertz CT molecular complexity index is 708. The number of para-hydroxylation sites is 1. The van der Waals surface area contributed by atoms with Crippen LogP contribution in [0.4, 0.5) is 10.1 Å². The lowest BCUT2D eigenvalue weighted by molar-refractivity contribution is -0.119. The minimum Gasteiger partial charge on any atom is -0.379 e. The van der Waals surface area contributed by atoms with Gasteiger partial charge < -0.3 is 10.1 Å². The van der Waals surface area contributed by atoms with Crippen LogP contribution in [0.3, 0.4) is 0 Å². The van der Waals surface area contributed by atoms with Crippen molar-refractivity contribution in [2.75, 3.05) is 64.3 Å². The Morgan fingerprint density at radius 3 is 2.54 bits per heavy atom. The molecule has 1 saturated heterocycles. The molecule has 26 heavy (non-hydrogen) atoms. The Kier molecular flexibility index (Phi) is 7.33. The van der Waals surface area contributed by atoms with Crippen molar-refractivity contribution in [2.24, 2.45) is 0 Å². The predicted molar refractivity (Wildman–Crippen MR) is 96.6 cm³/mol. The van der Waals surface area contributed by atoms with Crippen LogP contribution in [0.15, 0.2) is 24.3 Å². The topological polar surface area (TPSA) is 82.2 Å². The van der Waals surface area contributed by atoms with Crippen LogP contribution >= 0.6 is 0 Å². The van der Waals surface area contributed by atoms with Gasteiger partial charge >= 0.3 is 10.2 Å². The number of morpholine rings is 1. The molecule has 0 aromatic heterocycles. The van der Waals surface area contributed by atoms with E-state index in [2.05, 4.69) is 10.2 Å². The second-order valence-corrected chi connectivity index (χ2v) is 8.12. The summed E-state index contributed by atoms with van der Waals surface area (Å²) in [7, 11) is -1.35. The molecule has 0 aliphatic carbocycles. The number of hydrogen-bond donors (Lipinski definition) is 1. The van der Waals surface area contributed by atoms with Crippen molar-refractivity contribution in [1.29, 1.82) is 0 Å². The molecule has 0 saturated carbocycles. The molecule has 0 unspecified atom stereocenters. The van der Waals surface area contributed by atoms with Gasteiger partial charge in [0.1, 0.15) is 12.4 Å². The number of benzene rings is 1. The van der Waals surface area contributed by atoms with Gasteiger partial charge in [0, 0.05) is 40.3 Å². The highest BCUT2D eigenvalue weighted by Gasteiger charge is 2.29. The molecule has 0 radical (unpaired) electrons. The second kappa shape index (κ2) is 9.26. The lowest BCUT2D eigenvalue weighted by atomic mass is 10.3. The first-order valence-corrected chi connectivity index (χ1v) is 9.73. The minimum atomic E-state index is -4.02. The average molecular weight is 388 g/mol. The number of anilines is 1. The monoisotopic (exact) mass is 388 g/mol. The smallest absolute Gasteiger partial charge is 0.304 e. The Labute approximate surface area is 153 Å². The van der Waals surface area contributed by atoms with E-state index in [1.54, 1.807) is 0 Å². The minimum absolute atomic E-state index is 0.162. The summed E-state index contributed by atoms with van der Waals surface area (Å²) in [6, 6.07) is 5.47. The number of carbonyl (C=O) groups is 1. The summed E-state index contributed by atoms with van der Waals surface area (Å²) < 4.78 is 46.1. The molecule has 1 amide bonds. The Balaban J connectivity index is 2.02. The Morgan fingerprint density at radius 1 is 1.27 bits per heavy atom. The van der Waals surface area contributed by atoms with Crippen LogP contribution in [-0.2, 0) is 19.7 Å². The van der Waals surface area contributed by atoms with Crippen LogP contribution in [0.25, 0.3) is 0 Å². The van der Waals surface area contributed by atoms with Gasteiger partial charge in [-0.2, -0.15) is 12.7 Å². The summed E-state index contributed by atoms with van der Waals surface area (Å²) in [5, 5.41) is 2.69. The summed E-state index contributed by atoms with van der Waals surface area (Å²) in [5.74, 6) is -1.20. The molecule has 8 nitrogen and oxygen atoms in total. The maximum Gasteiger partial charge on any atom is 0.304 e. The van der Waals surface area contributed by atoms with Gasteiger partial charge in [0.25, 0.3) is 0 Å². The highest BCUT2D eigenvalue weighted by molar-refractivity contribution is 7.90. The summed E-state index contributed by atoms with van der Waals surface area (Å²) in [4.78, 5) is 14.4. The molecule has 0 bridgehead atoms. The highest BCUT2D eigenvalue weighted by Crippen LogP contribution is 2.22. The van der Waals surface area contributed by atoms with Crippen molar-refractivity contribution >= 4 is 21.8 Å². The van der Waals surface area contributed by atoms with E-state index < -0.39 is 28.5 Å². The summed E-state index contributed by atoms with van der Waals surface area (Å²) in [5.41, 5.74) is -0.162. The average Bonchev–Trinajstić information content (AvgIpc) is 2.61. The number of halogens is 1. The molecule has 1 N–H and O–H groups in total. The SMILES string of the molecule is CN(C)S(=O)(=O)N(CC(=O)NCCN1CCOCC1)c1ccccc1F. The second-order valence-electron chi connectivity index (χ2n) is 6.05. The molecule has 1 aromatic rings. The van der Waals surface area contributed by atoms with Crippen LogP contribution < -0.4 is 9.62 Å². The van der Waals surface area contributed by atoms with Gasteiger partial charge in [0.2, 0.25) is 5.91 Å². The van der Waals surface area contributed by atoms with Gasteiger partial charge in [-0.15, -0.1) is 0 Å². The van der Waals surface area contributed by atoms with E-state index in [4.69, 9.17) is 4.74 Å². The number of rotatable bonds is 8. The van der Waals surface area contributed by atoms with Crippen molar-refractivity contribution in [1.82, 2.24) is 14.5 Å².